The maximum atomic E-state index is 12.8. The van der Waals surface area contributed by atoms with Gasteiger partial charge in [-0.1, -0.05) is 0 Å². The molecule has 2 atom stereocenters. The van der Waals surface area contributed by atoms with Gasteiger partial charge in [0.2, 0.25) is 0 Å². The average molecular weight is 871 g/mol. The van der Waals surface area contributed by atoms with Crippen LogP contribution in [0.2, 0.25) is 0 Å². The number of nitrogens with two attached hydrogens (primary N) is 1. The van der Waals surface area contributed by atoms with Crippen LogP contribution >= 0.6 is 22.7 Å². The van der Waals surface area contributed by atoms with Crippen LogP contribution in [0.25, 0.3) is 11.0 Å². The van der Waals surface area contributed by atoms with Crippen molar-refractivity contribution in [2.24, 2.45) is 5.73 Å². The molecule has 6 aromatic heterocycles. The van der Waals surface area contributed by atoms with Crippen LogP contribution < -0.4 is 30.7 Å². The lowest BCUT2D eigenvalue weighted by molar-refractivity contribution is 0.0690. The zero-order valence-corrected chi connectivity index (χ0v) is 36.1. The maximum absolute atomic E-state index is 12.8. The van der Waals surface area contributed by atoms with E-state index in [4.69, 9.17) is 15.8 Å². The molecule has 4 aliphatic rings. The summed E-state index contributed by atoms with van der Waals surface area (Å²) in [5, 5.41) is 35.8. The number of rotatable bonds is 7. The molecule has 6 N–H and O–H groups in total. The Balaban J connectivity index is 0.000000139. The Morgan fingerprint density at radius 1 is 0.672 bits per heavy atom. The fraction of sp³-hybridized carbons (Fsp3) is 0.476. The third-order valence-corrected chi connectivity index (χ3v) is 13.3. The number of thiazole rings is 2. The van der Waals surface area contributed by atoms with Gasteiger partial charge >= 0.3 is 5.97 Å². The van der Waals surface area contributed by atoms with Crippen molar-refractivity contribution >= 4 is 67.5 Å². The second kappa shape index (κ2) is 18.7. The summed E-state index contributed by atoms with van der Waals surface area (Å²) in [5.41, 5.74) is 10.8. The molecule has 324 valence electrons. The third kappa shape index (κ3) is 10.1. The summed E-state index contributed by atoms with van der Waals surface area (Å²) in [6, 6.07) is 8.62. The number of piperidine rings is 2. The molecule has 6 aromatic rings. The number of nitrogens with zero attached hydrogens (tertiary/aromatic N) is 10. The summed E-state index contributed by atoms with van der Waals surface area (Å²) in [6.45, 7) is 10.6. The van der Waals surface area contributed by atoms with Crippen LogP contribution in [0, 0.1) is 13.8 Å². The molecule has 61 heavy (non-hydrogen) atoms. The molecule has 17 nitrogen and oxygen atoms in total. The largest absolute Gasteiger partial charge is 0.476 e. The van der Waals surface area contributed by atoms with Crippen LogP contribution in [0.1, 0.15) is 70.9 Å². The first kappa shape index (κ1) is 42.4. The molecule has 10 rings (SSSR count). The Morgan fingerprint density at radius 3 is 1.64 bits per heavy atom. The molecule has 10 heterocycles. The highest BCUT2D eigenvalue weighted by Gasteiger charge is 2.28. The Labute approximate surface area is 362 Å². The summed E-state index contributed by atoms with van der Waals surface area (Å²) in [4.78, 5) is 50.0. The number of carbonyl (C=O) groups excluding carboxylic acids is 1. The Hall–Kier alpha value is -5.34. The summed E-state index contributed by atoms with van der Waals surface area (Å²) in [5.74, 6) is 0.930. The highest BCUT2D eigenvalue weighted by molar-refractivity contribution is 7.14. The first-order valence-electron chi connectivity index (χ1n) is 20.9. The number of fused-ring (bicyclic) bond motifs is 2. The van der Waals surface area contributed by atoms with E-state index < -0.39 is 5.97 Å². The predicted octanol–water partition coefficient (Wildman–Crippen LogP) is 4.05. The van der Waals surface area contributed by atoms with Gasteiger partial charge in [-0.25, -0.2) is 24.7 Å². The van der Waals surface area contributed by atoms with Crippen molar-refractivity contribution in [1.29, 1.82) is 0 Å². The number of nitrogens with one attached hydrogen (secondary N) is 1. The van der Waals surface area contributed by atoms with Gasteiger partial charge in [0.25, 0.3) is 5.91 Å². The summed E-state index contributed by atoms with van der Waals surface area (Å²) in [7, 11) is 0. The van der Waals surface area contributed by atoms with Crippen molar-refractivity contribution in [3.8, 4) is 0 Å². The van der Waals surface area contributed by atoms with Crippen LogP contribution in [0.4, 0.5) is 21.9 Å². The molecule has 0 aromatic carbocycles. The summed E-state index contributed by atoms with van der Waals surface area (Å²) < 4.78 is 4.22. The molecular formula is C42H54N12O5S2. The molecule has 0 radical (unpaired) electrons. The van der Waals surface area contributed by atoms with Gasteiger partial charge < -0.3 is 54.8 Å². The van der Waals surface area contributed by atoms with E-state index in [-0.39, 0.29) is 35.9 Å². The molecule has 0 unspecified atom stereocenters. The lowest BCUT2D eigenvalue weighted by Gasteiger charge is -2.29. The van der Waals surface area contributed by atoms with Crippen LogP contribution in [-0.2, 0) is 0 Å². The summed E-state index contributed by atoms with van der Waals surface area (Å²) in [6.07, 6.45) is 12.6. The molecule has 0 spiro atoms. The van der Waals surface area contributed by atoms with Crippen LogP contribution in [0.15, 0.2) is 59.8 Å². The molecule has 4 fully saturated rings. The lowest BCUT2D eigenvalue weighted by atomic mass is 10.1. The van der Waals surface area contributed by atoms with Gasteiger partial charge in [-0.05, 0) is 76.6 Å². The van der Waals surface area contributed by atoms with Gasteiger partial charge in [0.05, 0.1) is 34.6 Å². The number of anilines is 4. The van der Waals surface area contributed by atoms with E-state index in [1.807, 2.05) is 42.6 Å². The minimum Gasteiger partial charge on any atom is -0.476 e. The quantitative estimate of drug-likeness (QED) is 0.154. The van der Waals surface area contributed by atoms with Crippen molar-refractivity contribution < 1.29 is 24.9 Å². The number of hydrogen-bond acceptors (Lipinski definition) is 15. The van der Waals surface area contributed by atoms with E-state index in [1.54, 1.807) is 5.38 Å². The van der Waals surface area contributed by atoms with E-state index >= 15 is 0 Å². The minimum atomic E-state index is -0.991. The van der Waals surface area contributed by atoms with Gasteiger partial charge in [0, 0.05) is 100.0 Å². The number of aliphatic hydroxyl groups is 2. The van der Waals surface area contributed by atoms with E-state index in [9.17, 15) is 19.8 Å². The Kier molecular flexibility index (Phi) is 13.0. The number of carboxylic acids is 1. The zero-order chi connectivity index (χ0) is 42.6. The molecule has 4 aliphatic heterocycles. The fourth-order valence-electron chi connectivity index (χ4n) is 8.21. The van der Waals surface area contributed by atoms with Gasteiger partial charge in [-0.15, -0.1) is 22.7 Å². The van der Waals surface area contributed by atoms with Crippen LogP contribution in [0.3, 0.4) is 0 Å². The second-order valence-electron chi connectivity index (χ2n) is 16.2. The van der Waals surface area contributed by atoms with E-state index in [0.717, 1.165) is 130 Å². The van der Waals surface area contributed by atoms with Crippen molar-refractivity contribution in [2.75, 3.05) is 72.0 Å². The predicted molar refractivity (Wildman–Crippen MR) is 239 cm³/mol. The van der Waals surface area contributed by atoms with Crippen LogP contribution in [-0.4, -0.2) is 133 Å². The highest BCUT2D eigenvalue weighted by Crippen LogP contribution is 2.28. The second-order valence-corrected chi connectivity index (χ2v) is 17.9. The Bertz CT molecular complexity index is 2430. The third-order valence-electron chi connectivity index (χ3n) is 11.5. The number of amides is 1. The van der Waals surface area contributed by atoms with Crippen molar-refractivity contribution in [3.63, 3.8) is 0 Å². The number of aliphatic hydroxyl groups excluding tert-OH is 2. The SMILES string of the molecule is Cc1cn2cccc2c(N2CC[C@H](N)C2)n1.Cc1cn2cccc2c(N2CC[C@H](NC(=O)c3csc(N4CCC(O)CC4)n3)C2)n1.O=C(O)c1csc(N2CCC(O)CC2)n1. The number of aryl methyl sites for hydroxylation is 2. The van der Waals surface area contributed by atoms with Gasteiger partial charge in [0.15, 0.2) is 27.6 Å². The first-order chi connectivity index (χ1) is 29.5. The standard InChI is InChI=1S/C21H26N6O2S.C12H16N4.C9H12N2O3S/c1-14-11-26-7-2-3-18(26)19(22-14)27-8-4-15(12-27)23-20(29)17-13-30-21(24-17)25-9-5-16(28)6-10-25;1-9-7-15-5-2-3-11(15)12(14-9)16-6-4-10(13)8-16;12-6-1-3-11(4-2-6)9-10-7(5-15-9)8(13)14/h2-3,7,11,13,15-16,28H,4-6,8-10,12H2,1H3,(H,23,29);2-3,5,7,10H,4,6,8,13H2,1H3;5-6,12H,1-4H2,(H,13,14)/t15-;10-;/m00./s1. The first-order valence-corrected chi connectivity index (χ1v) is 22.7. The van der Waals surface area contributed by atoms with Gasteiger partial charge in [0.1, 0.15) is 5.69 Å². The van der Waals surface area contributed by atoms with Crippen LogP contribution in [0.5, 0.6) is 0 Å². The normalized spacial score (nSPS) is 19.9. The molecule has 0 bridgehead atoms. The van der Waals surface area contributed by atoms with E-state index in [1.165, 1.54) is 28.2 Å². The van der Waals surface area contributed by atoms with Crippen molar-refractivity contribution in [1.82, 2.24) is 34.1 Å². The number of aromatic carboxylic acids is 1. The number of carbonyl (C=O) groups is 2. The average Bonchev–Trinajstić information content (AvgIpc) is 4.10. The van der Waals surface area contributed by atoms with Crippen molar-refractivity contribution in [3.05, 3.63) is 82.6 Å². The number of carboxylic acid groups (broad SMARTS) is 1. The molecule has 0 aliphatic carbocycles. The maximum Gasteiger partial charge on any atom is 0.355 e. The lowest BCUT2D eigenvalue weighted by Crippen LogP contribution is -2.38. The van der Waals surface area contributed by atoms with E-state index in [0.29, 0.717) is 5.69 Å². The molecule has 0 saturated carbocycles. The number of hydrogen-bond donors (Lipinski definition) is 5. The zero-order valence-electron chi connectivity index (χ0n) is 34.5. The fourth-order valence-corrected chi connectivity index (χ4v) is 9.92. The molecule has 4 saturated heterocycles. The van der Waals surface area contributed by atoms with Gasteiger partial charge in [-0.2, -0.15) is 0 Å². The monoisotopic (exact) mass is 870 g/mol. The topological polar surface area (TPSA) is 206 Å². The molecular weight excluding hydrogens is 817 g/mol. The minimum absolute atomic E-state index is 0.0742. The van der Waals surface area contributed by atoms with E-state index in [2.05, 4.69) is 74.4 Å². The molecule has 19 heteroatoms. The summed E-state index contributed by atoms with van der Waals surface area (Å²) >= 11 is 2.83. The van der Waals surface area contributed by atoms with Crippen molar-refractivity contribution in [2.45, 2.75) is 76.7 Å². The Morgan fingerprint density at radius 2 is 1.15 bits per heavy atom. The molecule has 1 amide bonds. The smallest absolute Gasteiger partial charge is 0.355 e. The number of aromatic nitrogens is 6. The highest BCUT2D eigenvalue weighted by atomic mass is 32.1. The van der Waals surface area contributed by atoms with Gasteiger partial charge in [-0.3, -0.25) is 4.79 Å².